The number of hydrogen-bond acceptors (Lipinski definition) is 4. The molecule has 0 fully saturated rings. The van der Waals surface area contributed by atoms with Crippen LogP contribution >= 0.6 is 11.6 Å². The Bertz CT molecular complexity index is 902. The first-order valence-corrected chi connectivity index (χ1v) is 9.01. The van der Waals surface area contributed by atoms with Crippen molar-refractivity contribution >= 4 is 29.4 Å². The molecule has 0 saturated heterocycles. The van der Waals surface area contributed by atoms with Crippen LogP contribution in [0.3, 0.4) is 0 Å². The Morgan fingerprint density at radius 1 is 1.03 bits per heavy atom. The summed E-state index contributed by atoms with van der Waals surface area (Å²) in [5.41, 5.74) is 2.01. The highest BCUT2D eigenvalue weighted by molar-refractivity contribution is 6.32. The van der Waals surface area contributed by atoms with E-state index in [0.717, 1.165) is 11.1 Å². The summed E-state index contributed by atoms with van der Waals surface area (Å²) in [4.78, 5) is 33.6. The van der Waals surface area contributed by atoms with E-state index in [1.165, 1.54) is 12.1 Å². The van der Waals surface area contributed by atoms with Crippen molar-refractivity contribution in [1.82, 2.24) is 5.32 Å². The number of aliphatic hydroxyl groups excluding tert-OH is 1. The number of carboxylic acids is 2. The molecule has 0 aliphatic rings. The Hall–Kier alpha value is -2.97. The minimum atomic E-state index is -1.70. The van der Waals surface area contributed by atoms with Crippen LogP contribution in [0.2, 0.25) is 5.02 Å². The molecule has 0 aromatic heterocycles. The van der Waals surface area contributed by atoms with Crippen molar-refractivity contribution in [2.24, 2.45) is 5.92 Å². The smallest absolute Gasteiger partial charge is 0.394 e. The van der Waals surface area contributed by atoms with Crippen molar-refractivity contribution in [2.45, 2.75) is 18.9 Å². The average Bonchev–Trinajstić information content (AvgIpc) is 2.67. The molecule has 2 atom stereocenters. The van der Waals surface area contributed by atoms with Crippen molar-refractivity contribution in [3.05, 3.63) is 58.9 Å². The second-order valence-electron chi connectivity index (χ2n) is 6.45. The number of benzene rings is 2. The van der Waals surface area contributed by atoms with Gasteiger partial charge in [0, 0.05) is 11.1 Å². The molecule has 4 N–H and O–H groups in total. The third-order valence-electron chi connectivity index (χ3n) is 4.37. The van der Waals surface area contributed by atoms with E-state index in [2.05, 4.69) is 5.32 Å². The monoisotopic (exact) mass is 423 g/mol. The molecule has 0 bridgehead atoms. The quantitative estimate of drug-likeness (QED) is 0.483. The van der Waals surface area contributed by atoms with E-state index in [4.69, 9.17) is 21.8 Å². The van der Waals surface area contributed by atoms with Gasteiger partial charge < -0.3 is 20.6 Å². The second-order valence-corrected chi connectivity index (χ2v) is 6.85. The van der Waals surface area contributed by atoms with Crippen LogP contribution in [0.5, 0.6) is 0 Å². The van der Waals surface area contributed by atoms with Gasteiger partial charge in [-0.15, -0.1) is 0 Å². The predicted octanol–water partition coefficient (Wildman–Crippen LogP) is 2.34. The van der Waals surface area contributed by atoms with E-state index >= 15 is 0 Å². The van der Waals surface area contributed by atoms with Crippen molar-refractivity contribution in [1.29, 1.82) is 0 Å². The molecule has 7 nitrogen and oxygen atoms in total. The molecule has 0 aliphatic heterocycles. The molecule has 29 heavy (non-hydrogen) atoms. The predicted molar refractivity (Wildman–Crippen MR) is 103 cm³/mol. The number of aliphatic hydroxyl groups is 1. The number of carbonyl (C=O) groups excluding carboxylic acids is 1. The summed E-state index contributed by atoms with van der Waals surface area (Å²) in [5, 5.41) is 29.7. The molecule has 1 amide bonds. The van der Waals surface area contributed by atoms with Crippen LogP contribution in [0, 0.1) is 11.7 Å². The molecule has 2 aromatic rings. The van der Waals surface area contributed by atoms with Gasteiger partial charge in [0.1, 0.15) is 5.82 Å². The van der Waals surface area contributed by atoms with Crippen molar-refractivity contribution < 1.29 is 34.1 Å². The molecule has 0 aliphatic carbocycles. The molecule has 154 valence electrons. The maximum Gasteiger partial charge on any atom is 0.394 e. The molecular weight excluding hydrogens is 405 g/mol. The third-order valence-corrected chi connectivity index (χ3v) is 4.72. The summed E-state index contributed by atoms with van der Waals surface area (Å²) in [6.07, 6.45) is -0.119. The Morgan fingerprint density at radius 3 is 2.17 bits per heavy atom. The van der Waals surface area contributed by atoms with Gasteiger partial charge in [0.2, 0.25) is 0 Å². The number of nitrogens with one attached hydrogen (secondary N) is 1. The van der Waals surface area contributed by atoms with Gasteiger partial charge in [-0.3, -0.25) is 9.59 Å². The van der Waals surface area contributed by atoms with Gasteiger partial charge in [0.15, 0.2) is 0 Å². The fraction of sp³-hybridized carbons (Fsp3) is 0.250. The zero-order chi connectivity index (χ0) is 21.6. The van der Waals surface area contributed by atoms with Crippen LogP contribution in [0.4, 0.5) is 4.39 Å². The number of amides is 1. The Kier molecular flexibility index (Phi) is 7.69. The van der Waals surface area contributed by atoms with E-state index in [-0.39, 0.29) is 18.7 Å². The van der Waals surface area contributed by atoms with E-state index in [1.807, 2.05) is 0 Å². The van der Waals surface area contributed by atoms with E-state index in [1.54, 1.807) is 30.3 Å². The topological polar surface area (TPSA) is 124 Å². The Morgan fingerprint density at radius 2 is 1.66 bits per heavy atom. The zero-order valence-electron chi connectivity index (χ0n) is 15.1. The molecule has 0 spiro atoms. The summed E-state index contributed by atoms with van der Waals surface area (Å²) in [6.45, 7) is -0.661. The largest absolute Gasteiger partial charge is 0.481 e. The molecule has 0 radical (unpaired) electrons. The van der Waals surface area contributed by atoms with Crippen molar-refractivity contribution in [2.75, 3.05) is 6.61 Å². The Labute approximate surface area is 170 Å². The van der Waals surface area contributed by atoms with Crippen LogP contribution in [-0.4, -0.2) is 45.8 Å². The number of carboxylic acid groups (broad SMARTS) is 2. The lowest BCUT2D eigenvalue weighted by Gasteiger charge is -2.21. The van der Waals surface area contributed by atoms with E-state index in [0.29, 0.717) is 10.6 Å². The number of rotatable bonds is 8. The van der Waals surface area contributed by atoms with Gasteiger partial charge in [0.25, 0.3) is 0 Å². The van der Waals surface area contributed by atoms with Gasteiger partial charge in [-0.1, -0.05) is 35.9 Å². The zero-order valence-corrected chi connectivity index (χ0v) is 15.9. The third kappa shape index (κ3) is 6.27. The lowest BCUT2D eigenvalue weighted by atomic mass is 9.94. The van der Waals surface area contributed by atoms with Gasteiger partial charge in [-0.2, -0.15) is 0 Å². The maximum absolute atomic E-state index is 13.1. The molecule has 9 heteroatoms. The Balaban J connectivity index is 2.24. The molecule has 2 rings (SSSR count). The maximum atomic E-state index is 13.1. The van der Waals surface area contributed by atoms with Gasteiger partial charge in [-0.05, 0) is 47.7 Å². The first kappa shape index (κ1) is 22.3. The fourth-order valence-electron chi connectivity index (χ4n) is 2.84. The molecular formula is C20H19ClFNO6. The number of halogens is 2. The van der Waals surface area contributed by atoms with Crippen molar-refractivity contribution in [3.63, 3.8) is 0 Å². The van der Waals surface area contributed by atoms with E-state index in [9.17, 15) is 23.9 Å². The first-order chi connectivity index (χ1) is 13.7. The van der Waals surface area contributed by atoms with Gasteiger partial charge in [0.05, 0.1) is 12.5 Å². The highest BCUT2D eigenvalue weighted by Crippen LogP contribution is 2.27. The van der Waals surface area contributed by atoms with Gasteiger partial charge in [-0.25, -0.2) is 9.18 Å². The van der Waals surface area contributed by atoms with Gasteiger partial charge >= 0.3 is 17.8 Å². The minimum Gasteiger partial charge on any atom is -0.481 e. The fourth-order valence-corrected chi connectivity index (χ4v) is 3.10. The lowest BCUT2D eigenvalue weighted by molar-refractivity contribution is -0.150. The summed E-state index contributed by atoms with van der Waals surface area (Å²) in [6, 6.07) is 9.97. The van der Waals surface area contributed by atoms with Crippen LogP contribution in [-0.2, 0) is 20.8 Å². The number of hydrogen-bond donors (Lipinski definition) is 4. The summed E-state index contributed by atoms with van der Waals surface area (Å²) < 4.78 is 13.1. The molecule has 0 heterocycles. The van der Waals surface area contributed by atoms with E-state index < -0.39 is 36.4 Å². The summed E-state index contributed by atoms with van der Waals surface area (Å²) >= 11 is 6.32. The highest BCUT2D eigenvalue weighted by atomic mass is 35.5. The average molecular weight is 424 g/mol. The lowest BCUT2D eigenvalue weighted by Crippen LogP contribution is -2.42. The summed E-state index contributed by atoms with van der Waals surface area (Å²) in [7, 11) is 0. The standard InChI is InChI=1S/C20H19ClFNO6/c21-17-9-12(11-3-5-15(22)6-4-11)1-2-13(17)7-16(23-18(25)20(28)29)8-14(10-24)19(26)27/h1-6,9,14,16,24H,7-8,10H2,(H,23,25)(H,26,27)(H,28,29). The van der Waals surface area contributed by atoms with Crippen LogP contribution in [0.1, 0.15) is 12.0 Å². The normalized spacial score (nSPS) is 12.8. The molecule has 0 saturated carbocycles. The minimum absolute atomic E-state index is 0.0608. The SMILES string of the molecule is O=C(O)C(=O)NC(Cc1ccc(-c2ccc(F)cc2)cc1Cl)CC(CO)C(=O)O. The summed E-state index contributed by atoms with van der Waals surface area (Å²) in [5.74, 6) is -5.80. The van der Waals surface area contributed by atoms with Crippen LogP contribution in [0.25, 0.3) is 11.1 Å². The van der Waals surface area contributed by atoms with Crippen LogP contribution < -0.4 is 5.32 Å². The van der Waals surface area contributed by atoms with Crippen LogP contribution in [0.15, 0.2) is 42.5 Å². The second kappa shape index (κ2) is 9.99. The number of carbonyl (C=O) groups is 3. The first-order valence-electron chi connectivity index (χ1n) is 8.63. The number of aliphatic carboxylic acids is 2. The molecule has 2 aromatic carbocycles. The molecule has 2 unspecified atom stereocenters. The van der Waals surface area contributed by atoms with Crippen molar-refractivity contribution in [3.8, 4) is 11.1 Å². The highest BCUT2D eigenvalue weighted by Gasteiger charge is 2.26.